The lowest BCUT2D eigenvalue weighted by Gasteiger charge is -2.05. The molecule has 0 saturated heterocycles. The van der Waals surface area contributed by atoms with Gasteiger partial charge in [0, 0.05) is 6.42 Å². The molecule has 0 aliphatic carbocycles. The summed E-state index contributed by atoms with van der Waals surface area (Å²) in [5, 5.41) is 0. The van der Waals surface area contributed by atoms with Gasteiger partial charge in [0.15, 0.2) is 0 Å². The SMILES string of the molecule is Cl.NCCCCC(=O)NOCc1ccccc1. The lowest BCUT2D eigenvalue weighted by atomic mass is 10.2. The minimum Gasteiger partial charge on any atom is -0.330 e. The van der Waals surface area contributed by atoms with Crippen LogP contribution < -0.4 is 11.2 Å². The van der Waals surface area contributed by atoms with Crippen LogP contribution in [0.5, 0.6) is 0 Å². The molecule has 0 spiro atoms. The molecule has 0 fully saturated rings. The summed E-state index contributed by atoms with van der Waals surface area (Å²) < 4.78 is 0. The highest BCUT2D eigenvalue weighted by Crippen LogP contribution is 1.99. The van der Waals surface area contributed by atoms with Crippen LogP contribution in [0.25, 0.3) is 0 Å². The summed E-state index contributed by atoms with van der Waals surface area (Å²) >= 11 is 0. The highest BCUT2D eigenvalue weighted by atomic mass is 35.5. The highest BCUT2D eigenvalue weighted by Gasteiger charge is 2.00. The van der Waals surface area contributed by atoms with Gasteiger partial charge < -0.3 is 5.73 Å². The van der Waals surface area contributed by atoms with Crippen LogP contribution in [-0.2, 0) is 16.2 Å². The Morgan fingerprint density at radius 2 is 1.94 bits per heavy atom. The molecule has 1 rings (SSSR count). The van der Waals surface area contributed by atoms with Crippen LogP contribution in [0.3, 0.4) is 0 Å². The van der Waals surface area contributed by atoms with Gasteiger partial charge in [-0.05, 0) is 24.9 Å². The molecule has 17 heavy (non-hydrogen) atoms. The molecule has 0 aromatic heterocycles. The van der Waals surface area contributed by atoms with Crippen LogP contribution >= 0.6 is 12.4 Å². The second-order valence-corrected chi connectivity index (χ2v) is 3.55. The molecule has 4 nitrogen and oxygen atoms in total. The second-order valence-electron chi connectivity index (χ2n) is 3.55. The van der Waals surface area contributed by atoms with Crippen molar-refractivity contribution in [3.8, 4) is 0 Å². The van der Waals surface area contributed by atoms with Gasteiger partial charge in [-0.3, -0.25) is 9.63 Å². The van der Waals surface area contributed by atoms with Crippen molar-refractivity contribution in [3.05, 3.63) is 35.9 Å². The van der Waals surface area contributed by atoms with Crippen LogP contribution in [0, 0.1) is 0 Å². The Balaban J connectivity index is 0.00000256. The Morgan fingerprint density at radius 1 is 1.24 bits per heavy atom. The topological polar surface area (TPSA) is 64.4 Å². The van der Waals surface area contributed by atoms with Crippen molar-refractivity contribution in [2.45, 2.75) is 25.9 Å². The van der Waals surface area contributed by atoms with Crippen molar-refractivity contribution in [2.75, 3.05) is 6.54 Å². The molecule has 0 aliphatic rings. The molecule has 0 radical (unpaired) electrons. The monoisotopic (exact) mass is 258 g/mol. The number of hydrogen-bond acceptors (Lipinski definition) is 3. The highest BCUT2D eigenvalue weighted by molar-refractivity contribution is 5.85. The van der Waals surface area contributed by atoms with E-state index >= 15 is 0 Å². The molecule has 96 valence electrons. The van der Waals surface area contributed by atoms with Crippen molar-refractivity contribution in [2.24, 2.45) is 5.73 Å². The van der Waals surface area contributed by atoms with Crippen LogP contribution in [0.15, 0.2) is 30.3 Å². The van der Waals surface area contributed by atoms with E-state index in [2.05, 4.69) is 5.48 Å². The number of unbranched alkanes of at least 4 members (excludes halogenated alkanes) is 1. The number of halogens is 1. The average Bonchev–Trinajstić information content (AvgIpc) is 2.31. The van der Waals surface area contributed by atoms with E-state index in [-0.39, 0.29) is 18.3 Å². The van der Waals surface area contributed by atoms with Gasteiger partial charge in [-0.25, -0.2) is 5.48 Å². The molecule has 1 aromatic rings. The molecule has 0 atom stereocenters. The fourth-order valence-electron chi connectivity index (χ4n) is 1.26. The Morgan fingerprint density at radius 3 is 2.59 bits per heavy atom. The van der Waals surface area contributed by atoms with Gasteiger partial charge in [0.2, 0.25) is 5.91 Å². The van der Waals surface area contributed by atoms with Crippen molar-refractivity contribution in [1.29, 1.82) is 0 Å². The molecule has 3 N–H and O–H groups in total. The van der Waals surface area contributed by atoms with E-state index in [4.69, 9.17) is 10.6 Å². The summed E-state index contributed by atoms with van der Waals surface area (Å²) in [6, 6.07) is 9.69. The summed E-state index contributed by atoms with van der Waals surface area (Å²) in [6.45, 7) is 1.02. The zero-order chi connectivity index (χ0) is 11.6. The van der Waals surface area contributed by atoms with Gasteiger partial charge in [-0.1, -0.05) is 30.3 Å². The Hall–Kier alpha value is -1.10. The molecule has 1 aromatic carbocycles. The third-order valence-corrected chi connectivity index (χ3v) is 2.13. The Kier molecular flexibility index (Phi) is 9.43. The van der Waals surface area contributed by atoms with E-state index in [9.17, 15) is 4.79 Å². The van der Waals surface area contributed by atoms with Gasteiger partial charge in [0.25, 0.3) is 0 Å². The number of amides is 1. The number of hydroxylamine groups is 1. The number of benzene rings is 1. The van der Waals surface area contributed by atoms with Gasteiger partial charge in [0.05, 0.1) is 6.61 Å². The quantitative estimate of drug-likeness (QED) is 0.579. The number of carbonyl (C=O) groups is 1. The zero-order valence-corrected chi connectivity index (χ0v) is 10.5. The lowest BCUT2D eigenvalue weighted by Crippen LogP contribution is -2.23. The van der Waals surface area contributed by atoms with Crippen molar-refractivity contribution in [1.82, 2.24) is 5.48 Å². The molecule has 0 unspecified atom stereocenters. The largest absolute Gasteiger partial charge is 0.330 e. The maximum absolute atomic E-state index is 11.2. The first kappa shape index (κ1) is 15.9. The van der Waals surface area contributed by atoms with Crippen molar-refractivity contribution >= 4 is 18.3 Å². The van der Waals surface area contributed by atoms with E-state index < -0.39 is 0 Å². The first-order valence-corrected chi connectivity index (χ1v) is 5.47. The van der Waals surface area contributed by atoms with E-state index in [1.54, 1.807) is 0 Å². The van der Waals surface area contributed by atoms with Crippen molar-refractivity contribution < 1.29 is 9.63 Å². The minimum atomic E-state index is -0.0932. The van der Waals surface area contributed by atoms with Crippen LogP contribution in [0.2, 0.25) is 0 Å². The first-order valence-electron chi connectivity index (χ1n) is 5.47. The maximum Gasteiger partial charge on any atom is 0.243 e. The summed E-state index contributed by atoms with van der Waals surface area (Å²) in [7, 11) is 0. The van der Waals surface area contributed by atoms with Crippen molar-refractivity contribution in [3.63, 3.8) is 0 Å². The summed E-state index contributed by atoms with van der Waals surface area (Å²) in [4.78, 5) is 16.3. The fourth-order valence-corrected chi connectivity index (χ4v) is 1.26. The number of rotatable bonds is 7. The van der Waals surface area contributed by atoms with Crippen LogP contribution in [-0.4, -0.2) is 12.5 Å². The predicted molar refractivity (Wildman–Crippen MR) is 69.5 cm³/mol. The normalized spacial score (nSPS) is 9.47. The predicted octanol–water partition coefficient (Wildman–Crippen LogP) is 1.79. The van der Waals surface area contributed by atoms with Gasteiger partial charge in [0.1, 0.15) is 0 Å². The Labute approximate surface area is 108 Å². The number of nitrogens with two attached hydrogens (primary N) is 1. The van der Waals surface area contributed by atoms with Gasteiger partial charge >= 0.3 is 0 Å². The molecule has 0 bridgehead atoms. The first-order chi connectivity index (χ1) is 7.83. The number of nitrogens with one attached hydrogen (secondary N) is 1. The summed E-state index contributed by atoms with van der Waals surface area (Å²) in [5.74, 6) is -0.0932. The molecule has 0 aliphatic heterocycles. The maximum atomic E-state index is 11.2. The molecule has 0 saturated carbocycles. The van der Waals surface area contributed by atoms with E-state index in [0.29, 0.717) is 19.6 Å². The van der Waals surface area contributed by atoms with E-state index in [1.165, 1.54) is 0 Å². The van der Waals surface area contributed by atoms with E-state index in [1.807, 2.05) is 30.3 Å². The second kappa shape index (κ2) is 10.1. The van der Waals surface area contributed by atoms with Gasteiger partial charge in [-0.15, -0.1) is 12.4 Å². The smallest absolute Gasteiger partial charge is 0.243 e. The minimum absolute atomic E-state index is 0. The zero-order valence-electron chi connectivity index (χ0n) is 9.72. The van der Waals surface area contributed by atoms with Crippen LogP contribution in [0.4, 0.5) is 0 Å². The number of hydrogen-bond donors (Lipinski definition) is 2. The Bertz CT molecular complexity index is 307. The molecule has 1 amide bonds. The fraction of sp³-hybridized carbons (Fsp3) is 0.417. The summed E-state index contributed by atoms with van der Waals surface area (Å²) in [6.07, 6.45) is 2.13. The third kappa shape index (κ3) is 7.74. The number of carbonyl (C=O) groups excluding carboxylic acids is 1. The standard InChI is InChI=1S/C12H18N2O2.ClH/c13-9-5-4-8-12(15)14-16-10-11-6-2-1-3-7-11;/h1-3,6-7H,4-5,8-10,13H2,(H,14,15);1H. The molecular weight excluding hydrogens is 240 g/mol. The van der Waals surface area contributed by atoms with E-state index in [0.717, 1.165) is 18.4 Å². The summed E-state index contributed by atoms with van der Waals surface area (Å²) in [5.41, 5.74) is 8.77. The average molecular weight is 259 g/mol. The molecular formula is C12H19ClN2O2. The van der Waals surface area contributed by atoms with Gasteiger partial charge in [-0.2, -0.15) is 0 Å². The molecule has 0 heterocycles. The van der Waals surface area contributed by atoms with Crippen LogP contribution in [0.1, 0.15) is 24.8 Å². The molecule has 5 heteroatoms. The third-order valence-electron chi connectivity index (χ3n) is 2.13. The lowest BCUT2D eigenvalue weighted by molar-refractivity contribution is -0.134.